The summed E-state index contributed by atoms with van der Waals surface area (Å²) < 4.78 is 83.3. The van der Waals surface area contributed by atoms with Crippen LogP contribution in [0.2, 0.25) is 0 Å². The molecule has 0 bridgehead atoms. The smallest absolute Gasteiger partial charge is 0.339 e. The molecule has 7 nitrogen and oxygen atoms in total. The van der Waals surface area contributed by atoms with Crippen LogP contribution in [0.1, 0.15) is 10.4 Å². The summed E-state index contributed by atoms with van der Waals surface area (Å²) in [5.74, 6) is -5.75. The molecule has 0 fully saturated rings. The molecule has 0 aliphatic rings. The first-order chi connectivity index (χ1) is 16.1. The van der Waals surface area contributed by atoms with Crippen molar-refractivity contribution >= 4 is 32.5 Å². The lowest BCUT2D eigenvalue weighted by Gasteiger charge is -2.07. The molecule has 0 saturated carbocycles. The van der Waals surface area contributed by atoms with Crippen molar-refractivity contribution in [2.45, 2.75) is 4.90 Å². The zero-order valence-electron chi connectivity index (χ0n) is 16.6. The van der Waals surface area contributed by atoms with Crippen LogP contribution in [0.5, 0.6) is 5.75 Å². The first-order valence-corrected chi connectivity index (χ1v) is 11.5. The maximum atomic E-state index is 13.8. The lowest BCUT2D eigenvalue weighted by atomic mass is 10.2. The van der Waals surface area contributed by atoms with Gasteiger partial charge in [-0.1, -0.05) is 17.4 Å². The number of amides is 1. The summed E-state index contributed by atoms with van der Waals surface area (Å²) >= 11 is 0.904. The summed E-state index contributed by atoms with van der Waals surface area (Å²) in [5.41, 5.74) is -0.296. The molecule has 3 aromatic carbocycles. The molecule has 0 atom stereocenters. The molecule has 0 unspecified atom stereocenters. The zero-order chi connectivity index (χ0) is 24.5. The van der Waals surface area contributed by atoms with Crippen molar-refractivity contribution in [1.29, 1.82) is 0 Å². The van der Waals surface area contributed by atoms with Gasteiger partial charge in [0.25, 0.3) is 5.91 Å². The van der Waals surface area contributed by atoms with Crippen molar-refractivity contribution in [1.82, 2.24) is 10.2 Å². The molecule has 1 aromatic heterocycles. The van der Waals surface area contributed by atoms with Crippen molar-refractivity contribution < 1.29 is 35.0 Å². The molecule has 0 saturated heterocycles. The first kappa shape index (κ1) is 23.3. The summed E-state index contributed by atoms with van der Waals surface area (Å²) in [6.45, 7) is 0. The molecule has 0 spiro atoms. The monoisotopic (exact) mass is 509 g/mol. The molecule has 34 heavy (non-hydrogen) atoms. The van der Waals surface area contributed by atoms with E-state index in [0.29, 0.717) is 22.7 Å². The largest absolute Gasteiger partial charge is 0.379 e. The second-order valence-electron chi connectivity index (χ2n) is 6.60. The fourth-order valence-corrected chi connectivity index (χ4v) is 4.41. The molecule has 0 aliphatic carbocycles. The van der Waals surface area contributed by atoms with Gasteiger partial charge in [-0.15, -0.1) is 10.2 Å². The molecule has 174 valence electrons. The van der Waals surface area contributed by atoms with Crippen LogP contribution in [0.4, 0.5) is 22.7 Å². The number of nitrogens with zero attached hydrogens (tertiary/aromatic N) is 2. The van der Waals surface area contributed by atoms with Gasteiger partial charge in [0, 0.05) is 5.56 Å². The Hall–Kier alpha value is -3.84. The summed E-state index contributed by atoms with van der Waals surface area (Å²) in [6, 6.07) is 10.5. The van der Waals surface area contributed by atoms with Crippen molar-refractivity contribution in [3.05, 3.63) is 89.5 Å². The molecule has 1 heterocycles. The van der Waals surface area contributed by atoms with Crippen LogP contribution in [-0.2, 0) is 10.1 Å². The SMILES string of the molecule is O=C(Nc1nnc(-c2ccc(OS(=O)(=O)c3ccc(F)c(F)c3)cc2)s1)c1c(F)cccc1F. The molecule has 4 aromatic rings. The van der Waals surface area contributed by atoms with E-state index in [4.69, 9.17) is 4.18 Å². The summed E-state index contributed by atoms with van der Waals surface area (Å²) in [6.07, 6.45) is 0. The highest BCUT2D eigenvalue weighted by molar-refractivity contribution is 7.87. The van der Waals surface area contributed by atoms with Gasteiger partial charge in [-0.3, -0.25) is 10.1 Å². The second kappa shape index (κ2) is 9.19. The van der Waals surface area contributed by atoms with Gasteiger partial charge in [0.1, 0.15) is 32.9 Å². The molecular formula is C21H11F4N3O4S2. The van der Waals surface area contributed by atoms with Gasteiger partial charge in [-0.25, -0.2) is 17.6 Å². The molecule has 1 amide bonds. The minimum Gasteiger partial charge on any atom is -0.379 e. The van der Waals surface area contributed by atoms with Crippen molar-refractivity contribution in [2.24, 2.45) is 0 Å². The van der Waals surface area contributed by atoms with Crippen LogP contribution in [0.25, 0.3) is 10.6 Å². The van der Waals surface area contributed by atoms with Crippen molar-refractivity contribution in [2.75, 3.05) is 5.32 Å². The Bertz CT molecular complexity index is 1470. The fourth-order valence-electron chi connectivity index (χ4n) is 2.72. The number of hydrogen-bond donors (Lipinski definition) is 1. The Balaban J connectivity index is 1.47. The van der Waals surface area contributed by atoms with E-state index in [-0.39, 0.29) is 10.9 Å². The number of anilines is 1. The number of hydrogen-bond acceptors (Lipinski definition) is 7. The molecule has 0 aliphatic heterocycles. The number of nitrogens with one attached hydrogen (secondary N) is 1. The normalized spacial score (nSPS) is 11.3. The standard InChI is InChI=1S/C21H11F4N3O4S2/c22-14-9-8-13(10-17(14)25)34(30,31)32-12-6-4-11(5-7-12)20-27-28-21(33-20)26-19(29)18-15(23)2-1-3-16(18)24/h1-10H,(H,26,28,29). The topological polar surface area (TPSA) is 98.2 Å². The quantitative estimate of drug-likeness (QED) is 0.297. The number of rotatable bonds is 6. The maximum Gasteiger partial charge on any atom is 0.339 e. The van der Waals surface area contributed by atoms with Gasteiger partial charge < -0.3 is 4.18 Å². The van der Waals surface area contributed by atoms with E-state index in [1.54, 1.807) is 0 Å². The number of halogens is 4. The number of benzene rings is 3. The third kappa shape index (κ3) is 4.89. The van der Waals surface area contributed by atoms with Gasteiger partial charge in [0.15, 0.2) is 11.6 Å². The lowest BCUT2D eigenvalue weighted by Crippen LogP contribution is -2.15. The second-order valence-corrected chi connectivity index (χ2v) is 9.12. The van der Waals surface area contributed by atoms with Gasteiger partial charge in [-0.2, -0.15) is 8.42 Å². The van der Waals surface area contributed by atoms with E-state index >= 15 is 0 Å². The molecule has 13 heteroatoms. The van der Waals surface area contributed by atoms with E-state index in [0.717, 1.165) is 35.6 Å². The summed E-state index contributed by atoms with van der Waals surface area (Å²) in [7, 11) is -4.41. The van der Waals surface area contributed by atoms with Crippen LogP contribution in [0.15, 0.2) is 65.6 Å². The van der Waals surface area contributed by atoms with Crippen LogP contribution < -0.4 is 9.50 Å². The van der Waals surface area contributed by atoms with E-state index in [1.165, 1.54) is 24.3 Å². The molecule has 0 radical (unpaired) electrons. The Morgan fingerprint density at radius 2 is 1.53 bits per heavy atom. The van der Waals surface area contributed by atoms with Crippen LogP contribution >= 0.6 is 11.3 Å². The highest BCUT2D eigenvalue weighted by atomic mass is 32.2. The van der Waals surface area contributed by atoms with E-state index in [9.17, 15) is 30.8 Å². The Morgan fingerprint density at radius 1 is 0.853 bits per heavy atom. The van der Waals surface area contributed by atoms with E-state index in [2.05, 4.69) is 15.5 Å². The van der Waals surface area contributed by atoms with Crippen molar-refractivity contribution in [3.63, 3.8) is 0 Å². The predicted molar refractivity (Wildman–Crippen MR) is 114 cm³/mol. The highest BCUT2D eigenvalue weighted by Crippen LogP contribution is 2.29. The minimum atomic E-state index is -4.41. The average molecular weight is 509 g/mol. The third-order valence-electron chi connectivity index (χ3n) is 4.32. The zero-order valence-corrected chi connectivity index (χ0v) is 18.3. The first-order valence-electron chi connectivity index (χ1n) is 9.23. The van der Waals surface area contributed by atoms with E-state index in [1.807, 2.05) is 0 Å². The Kier molecular flexibility index (Phi) is 6.30. The highest BCUT2D eigenvalue weighted by Gasteiger charge is 2.20. The Labute approximate surface area is 193 Å². The fraction of sp³-hybridized carbons (Fsp3) is 0. The number of aromatic nitrogens is 2. The minimum absolute atomic E-state index is 0.0242. The molecule has 4 rings (SSSR count). The maximum absolute atomic E-state index is 13.8. The van der Waals surface area contributed by atoms with Crippen LogP contribution in [0, 0.1) is 23.3 Å². The van der Waals surface area contributed by atoms with Crippen molar-refractivity contribution in [3.8, 4) is 16.3 Å². The van der Waals surface area contributed by atoms with E-state index < -0.39 is 49.8 Å². The van der Waals surface area contributed by atoms with Crippen LogP contribution in [0.3, 0.4) is 0 Å². The number of carbonyl (C=O) groups excluding carboxylic acids is 1. The molecular weight excluding hydrogens is 498 g/mol. The average Bonchev–Trinajstić information content (AvgIpc) is 3.24. The third-order valence-corrected chi connectivity index (χ3v) is 6.45. The summed E-state index contributed by atoms with van der Waals surface area (Å²) in [5, 5.41) is 10.2. The Morgan fingerprint density at radius 3 is 2.18 bits per heavy atom. The van der Waals surface area contributed by atoms with Gasteiger partial charge in [0.05, 0.1) is 0 Å². The van der Waals surface area contributed by atoms with Gasteiger partial charge in [-0.05, 0) is 54.6 Å². The predicted octanol–water partition coefficient (Wildman–Crippen LogP) is 4.78. The number of carbonyl (C=O) groups is 1. The van der Waals surface area contributed by atoms with Gasteiger partial charge in [0.2, 0.25) is 5.13 Å². The summed E-state index contributed by atoms with van der Waals surface area (Å²) in [4.78, 5) is 11.6. The van der Waals surface area contributed by atoms with Gasteiger partial charge >= 0.3 is 10.1 Å². The molecule has 1 N–H and O–H groups in total. The lowest BCUT2D eigenvalue weighted by molar-refractivity contribution is 0.101. The van der Waals surface area contributed by atoms with Crippen LogP contribution in [-0.4, -0.2) is 24.5 Å².